The van der Waals surface area contributed by atoms with Gasteiger partial charge in [0.1, 0.15) is 28.4 Å². The molecule has 0 fully saturated rings. The van der Waals surface area contributed by atoms with Crippen LogP contribution in [0.1, 0.15) is 93.2 Å². The van der Waals surface area contributed by atoms with Crippen molar-refractivity contribution in [1.29, 1.82) is 0 Å². The number of amides is 2. The molecular weight excluding hydrogens is 756 g/mol. The van der Waals surface area contributed by atoms with E-state index in [1.54, 1.807) is 41.5 Å². The van der Waals surface area contributed by atoms with Gasteiger partial charge >= 0.3 is 12.2 Å². The van der Waals surface area contributed by atoms with Crippen molar-refractivity contribution in [1.82, 2.24) is 14.6 Å². The molecule has 0 radical (unpaired) electrons. The van der Waals surface area contributed by atoms with Crippen molar-refractivity contribution in [2.75, 3.05) is 11.5 Å². The molecule has 1 atom stereocenters. The van der Waals surface area contributed by atoms with Crippen molar-refractivity contribution >= 4 is 32.1 Å². The first-order chi connectivity index (χ1) is 26.0. The average molecular weight is 807 g/mol. The number of pyridine rings is 1. The summed E-state index contributed by atoms with van der Waals surface area (Å²) in [5.41, 5.74) is -4.23. The summed E-state index contributed by atoms with van der Waals surface area (Å²) in [7, 11) is -2.66. The Morgan fingerprint density at radius 2 is 1.43 bits per heavy atom. The lowest BCUT2D eigenvalue weighted by Crippen LogP contribution is -2.53. The third-order valence-corrected chi connectivity index (χ3v) is 14.1. The van der Waals surface area contributed by atoms with Crippen LogP contribution >= 0.6 is 0 Å². The van der Waals surface area contributed by atoms with Gasteiger partial charge in [0.15, 0.2) is 14.0 Å². The SMILES string of the molecule is CC[Si](CC)(CC)OC(C)(c1ccc(F)cc1)C(F)(F)CCOc1cccc(-c2ccn3nc(N(C(=O)OC(C)(C)C)C(=O)OC(C)(C)C)nc3c2)c1C(F)F. The molecule has 56 heavy (non-hydrogen) atoms. The Kier molecular flexibility index (Phi) is 13.3. The summed E-state index contributed by atoms with van der Waals surface area (Å²) in [5.74, 6) is -4.83. The fourth-order valence-corrected chi connectivity index (χ4v) is 9.24. The Morgan fingerprint density at radius 1 is 0.857 bits per heavy atom. The second kappa shape index (κ2) is 16.9. The summed E-state index contributed by atoms with van der Waals surface area (Å²) >= 11 is 0. The molecule has 16 heteroatoms. The van der Waals surface area contributed by atoms with Crippen LogP contribution < -0.4 is 9.64 Å². The zero-order valence-corrected chi connectivity index (χ0v) is 34.5. The molecule has 0 aliphatic carbocycles. The van der Waals surface area contributed by atoms with E-state index in [0.29, 0.717) is 23.0 Å². The lowest BCUT2D eigenvalue weighted by molar-refractivity contribution is -0.175. The maximum absolute atomic E-state index is 16.5. The van der Waals surface area contributed by atoms with Crippen molar-refractivity contribution < 1.29 is 50.2 Å². The van der Waals surface area contributed by atoms with Gasteiger partial charge in [0, 0.05) is 12.6 Å². The zero-order valence-electron chi connectivity index (χ0n) is 33.5. The molecule has 0 aliphatic rings. The Bertz CT molecular complexity index is 1960. The van der Waals surface area contributed by atoms with Gasteiger partial charge in [-0.3, -0.25) is 0 Å². The number of carbonyl (C=O) groups excluding carboxylic acids is 2. The van der Waals surface area contributed by atoms with Crippen LogP contribution in [0.3, 0.4) is 0 Å². The van der Waals surface area contributed by atoms with Gasteiger partial charge in [-0.25, -0.2) is 36.1 Å². The summed E-state index contributed by atoms with van der Waals surface area (Å²) < 4.78 is 101. The van der Waals surface area contributed by atoms with E-state index >= 15 is 8.78 Å². The van der Waals surface area contributed by atoms with Crippen molar-refractivity contribution in [3.63, 3.8) is 0 Å². The third kappa shape index (κ3) is 10.0. The average Bonchev–Trinajstić information content (AvgIpc) is 3.51. The molecule has 0 spiro atoms. The number of anilines is 1. The van der Waals surface area contributed by atoms with E-state index in [1.165, 1.54) is 60.1 Å². The van der Waals surface area contributed by atoms with E-state index in [9.17, 15) is 22.8 Å². The molecule has 0 N–H and O–H groups in total. The lowest BCUT2D eigenvalue weighted by atomic mass is 9.87. The van der Waals surface area contributed by atoms with Gasteiger partial charge in [-0.15, -0.1) is 10.00 Å². The quantitative estimate of drug-likeness (QED) is 0.0916. The molecule has 4 rings (SSSR count). The summed E-state index contributed by atoms with van der Waals surface area (Å²) in [6.45, 7) is 16.1. The minimum atomic E-state index is -3.56. The Labute approximate surface area is 325 Å². The van der Waals surface area contributed by atoms with E-state index in [4.69, 9.17) is 18.6 Å². The smallest absolute Gasteiger partial charge is 0.427 e. The molecule has 4 aromatic rings. The Balaban J connectivity index is 1.67. The number of halogens is 5. The number of aromatic nitrogens is 3. The van der Waals surface area contributed by atoms with Gasteiger partial charge in [-0.1, -0.05) is 45.0 Å². The summed E-state index contributed by atoms with van der Waals surface area (Å²) in [6.07, 6.45) is -4.76. The first-order valence-electron chi connectivity index (χ1n) is 18.5. The number of rotatable bonds is 14. The maximum Gasteiger partial charge on any atom is 0.427 e. The molecule has 10 nitrogen and oxygen atoms in total. The molecule has 2 heterocycles. The highest BCUT2D eigenvalue weighted by Gasteiger charge is 2.55. The number of fused-ring (bicyclic) bond motifs is 1. The van der Waals surface area contributed by atoms with E-state index in [2.05, 4.69) is 10.1 Å². The second-order valence-corrected chi connectivity index (χ2v) is 20.3. The fraction of sp³-hybridized carbons (Fsp3) is 0.500. The number of alkyl halides is 4. The maximum atomic E-state index is 16.5. The highest BCUT2D eigenvalue weighted by Crippen LogP contribution is 2.47. The van der Waals surface area contributed by atoms with E-state index in [-0.39, 0.29) is 34.0 Å². The summed E-state index contributed by atoms with van der Waals surface area (Å²) in [5, 5.41) is 4.23. The van der Waals surface area contributed by atoms with Crippen molar-refractivity contribution in [3.8, 4) is 16.9 Å². The number of ether oxygens (including phenoxy) is 3. The van der Waals surface area contributed by atoms with Crippen LogP contribution in [-0.2, 0) is 19.5 Å². The minimum Gasteiger partial charge on any atom is -0.493 e. The van der Waals surface area contributed by atoms with Crippen molar-refractivity contribution in [2.45, 2.75) is 123 Å². The van der Waals surface area contributed by atoms with Crippen LogP contribution in [0, 0.1) is 5.82 Å². The van der Waals surface area contributed by atoms with Crippen LogP contribution in [0.15, 0.2) is 60.8 Å². The van der Waals surface area contributed by atoms with E-state index in [1.807, 2.05) is 20.8 Å². The van der Waals surface area contributed by atoms with Gasteiger partial charge < -0.3 is 18.6 Å². The van der Waals surface area contributed by atoms with Gasteiger partial charge in [0.25, 0.3) is 18.3 Å². The van der Waals surface area contributed by atoms with Crippen molar-refractivity contribution in [2.24, 2.45) is 0 Å². The zero-order chi connectivity index (χ0) is 41.9. The van der Waals surface area contributed by atoms with Gasteiger partial charge in [-0.2, -0.15) is 4.98 Å². The number of hydrogen-bond donors (Lipinski definition) is 0. The van der Waals surface area contributed by atoms with Crippen molar-refractivity contribution in [3.05, 3.63) is 77.7 Å². The highest BCUT2D eigenvalue weighted by molar-refractivity contribution is 6.73. The molecule has 0 aliphatic heterocycles. The summed E-state index contributed by atoms with van der Waals surface area (Å²) in [6, 6.07) is 13.6. The lowest BCUT2D eigenvalue weighted by Gasteiger charge is -2.45. The largest absolute Gasteiger partial charge is 0.493 e. The number of imide groups is 1. The number of benzene rings is 2. The minimum absolute atomic E-state index is 0.0246. The first kappa shape index (κ1) is 44.1. The van der Waals surface area contributed by atoms with Crippen LogP contribution in [0.2, 0.25) is 18.1 Å². The Morgan fingerprint density at radius 3 is 1.95 bits per heavy atom. The first-order valence-corrected chi connectivity index (χ1v) is 21.0. The molecule has 2 aromatic carbocycles. The highest BCUT2D eigenvalue weighted by atomic mass is 28.4. The fourth-order valence-electron chi connectivity index (χ4n) is 6.17. The van der Waals surface area contributed by atoms with Crippen LogP contribution in [0.25, 0.3) is 16.8 Å². The van der Waals surface area contributed by atoms with Gasteiger partial charge in [-0.05, 0) is 114 Å². The molecule has 0 saturated carbocycles. The summed E-state index contributed by atoms with van der Waals surface area (Å²) in [4.78, 5) is 31.2. The molecule has 306 valence electrons. The van der Waals surface area contributed by atoms with Crippen LogP contribution in [0.5, 0.6) is 5.75 Å². The van der Waals surface area contributed by atoms with E-state index < -0.39 is 74.1 Å². The number of nitrogens with zero attached hydrogens (tertiary/aromatic N) is 4. The standard InChI is InChI=1S/C40H51F5N4O6Si/c1-11-56(12-2,13-3)55-39(10,27-17-19-28(41)20-18-27)40(44,45)22-24-52-30-16-14-15-29(32(30)33(42)43)26-21-23-48-31(25-26)46-34(47-48)49(35(50)53-37(4,5)6)36(51)54-38(7,8)9/h14-21,23,25,33H,11-13,22,24H2,1-10H3. The topological polar surface area (TPSA) is 104 Å². The molecule has 2 aromatic heterocycles. The molecule has 0 saturated heterocycles. The monoisotopic (exact) mass is 806 g/mol. The number of carbonyl (C=O) groups is 2. The molecule has 0 bridgehead atoms. The predicted molar refractivity (Wildman–Crippen MR) is 205 cm³/mol. The molecule has 1 unspecified atom stereocenters. The predicted octanol–water partition coefficient (Wildman–Crippen LogP) is 11.5. The van der Waals surface area contributed by atoms with Crippen LogP contribution in [0.4, 0.5) is 37.5 Å². The normalized spacial score (nSPS) is 13.8. The molecular formula is C40H51F5N4O6Si. The van der Waals surface area contributed by atoms with Gasteiger partial charge in [0.2, 0.25) is 0 Å². The van der Waals surface area contributed by atoms with Crippen LogP contribution in [-0.4, -0.2) is 58.8 Å². The third-order valence-electron chi connectivity index (χ3n) is 9.39. The number of hydrogen-bond acceptors (Lipinski definition) is 8. The molecule has 2 amide bonds. The Hall–Kier alpha value is -4.57. The van der Waals surface area contributed by atoms with Gasteiger partial charge in [0.05, 0.1) is 12.2 Å². The second-order valence-electron chi connectivity index (χ2n) is 15.6. The van der Waals surface area contributed by atoms with E-state index in [0.717, 1.165) is 12.1 Å².